The van der Waals surface area contributed by atoms with Crippen LogP contribution < -0.4 is 0 Å². The summed E-state index contributed by atoms with van der Waals surface area (Å²) in [7, 11) is 0. The van der Waals surface area contributed by atoms with Crippen molar-refractivity contribution < 1.29 is 5.48 Å². The number of hydrogen-bond donors (Lipinski definition) is 1. The van der Waals surface area contributed by atoms with E-state index in [4.69, 9.17) is 0 Å². The van der Waals surface area contributed by atoms with Crippen LogP contribution in [0.1, 0.15) is 35.2 Å². The van der Waals surface area contributed by atoms with Crippen LogP contribution in [-0.2, 0) is 0 Å². The normalized spacial score (nSPS) is 11.2. The first kappa shape index (κ1) is 15.7. The standard InChI is InChI=1S/C13H16N2.ClH.H2O/c1-9-5-4-6-12(10(9)2)11(3)13-7-14-8-15-13;;/h4-8,11H,1-3H3,(H,14,15);1H;1H2. The summed E-state index contributed by atoms with van der Waals surface area (Å²) < 4.78 is 0. The average Bonchev–Trinajstić information content (AvgIpc) is 2.74. The summed E-state index contributed by atoms with van der Waals surface area (Å²) in [6.45, 7) is 6.53. The number of halogens is 1. The van der Waals surface area contributed by atoms with E-state index in [-0.39, 0.29) is 17.9 Å². The first-order valence-corrected chi connectivity index (χ1v) is 5.24. The molecule has 3 N–H and O–H groups in total. The number of hydrogen-bond acceptors (Lipinski definition) is 1. The van der Waals surface area contributed by atoms with Crippen molar-refractivity contribution in [1.29, 1.82) is 0 Å². The summed E-state index contributed by atoms with van der Waals surface area (Å²) in [6.07, 6.45) is 3.63. The predicted octanol–water partition coefficient (Wildman–Crippen LogP) is 2.78. The maximum atomic E-state index is 4.07. The van der Waals surface area contributed by atoms with Crippen molar-refractivity contribution in [2.45, 2.75) is 26.7 Å². The Morgan fingerprint density at radius 1 is 1.24 bits per heavy atom. The van der Waals surface area contributed by atoms with Crippen LogP contribution in [0.5, 0.6) is 0 Å². The molecule has 0 saturated carbocycles. The molecule has 2 rings (SSSR count). The zero-order valence-electron chi connectivity index (χ0n) is 10.3. The highest BCUT2D eigenvalue weighted by Crippen LogP contribution is 2.26. The molecule has 0 fully saturated rings. The summed E-state index contributed by atoms with van der Waals surface area (Å²) in [4.78, 5) is 7.24. The highest BCUT2D eigenvalue weighted by Gasteiger charge is 2.12. The zero-order valence-corrected chi connectivity index (χ0v) is 11.1. The van der Waals surface area contributed by atoms with Gasteiger partial charge >= 0.3 is 0 Å². The fourth-order valence-corrected chi connectivity index (χ4v) is 1.91. The SMILES string of the molecule is Cc1cccc(C(C)c2cnc[nH]2)c1C.Cl.O. The zero-order chi connectivity index (χ0) is 10.8. The van der Waals surface area contributed by atoms with E-state index in [1.165, 1.54) is 22.4 Å². The number of benzene rings is 1. The van der Waals surface area contributed by atoms with E-state index in [1.807, 2.05) is 6.20 Å². The summed E-state index contributed by atoms with van der Waals surface area (Å²) in [6, 6.07) is 6.46. The number of aromatic nitrogens is 2. The third kappa shape index (κ3) is 3.08. The van der Waals surface area contributed by atoms with Crippen LogP contribution in [0, 0.1) is 13.8 Å². The van der Waals surface area contributed by atoms with E-state index in [2.05, 4.69) is 48.9 Å². The molecule has 1 unspecified atom stereocenters. The molecule has 0 aliphatic rings. The lowest BCUT2D eigenvalue weighted by Crippen LogP contribution is -2.00. The third-order valence-electron chi connectivity index (χ3n) is 3.10. The maximum absolute atomic E-state index is 4.07. The van der Waals surface area contributed by atoms with Crippen LogP contribution in [0.15, 0.2) is 30.7 Å². The van der Waals surface area contributed by atoms with E-state index in [1.54, 1.807) is 6.33 Å². The second-order valence-corrected chi connectivity index (χ2v) is 4.02. The van der Waals surface area contributed by atoms with Crippen LogP contribution in [-0.4, -0.2) is 15.4 Å². The molecule has 17 heavy (non-hydrogen) atoms. The first-order chi connectivity index (χ1) is 7.20. The molecule has 0 bridgehead atoms. The molecule has 0 radical (unpaired) electrons. The molecular formula is C13H19ClN2O. The van der Waals surface area contributed by atoms with Crippen molar-refractivity contribution in [2.75, 3.05) is 0 Å². The van der Waals surface area contributed by atoms with Crippen LogP contribution >= 0.6 is 12.4 Å². The van der Waals surface area contributed by atoms with Gasteiger partial charge < -0.3 is 10.5 Å². The largest absolute Gasteiger partial charge is 0.412 e. The van der Waals surface area contributed by atoms with Crippen molar-refractivity contribution in [3.05, 3.63) is 53.1 Å². The van der Waals surface area contributed by atoms with Crippen molar-refractivity contribution in [1.82, 2.24) is 9.97 Å². The molecule has 0 aliphatic carbocycles. The quantitative estimate of drug-likeness (QED) is 0.880. The average molecular weight is 255 g/mol. The highest BCUT2D eigenvalue weighted by atomic mass is 35.5. The third-order valence-corrected chi connectivity index (χ3v) is 3.10. The minimum Gasteiger partial charge on any atom is -0.412 e. The van der Waals surface area contributed by atoms with E-state index < -0.39 is 0 Å². The molecule has 1 aromatic heterocycles. The number of H-pyrrole nitrogens is 1. The molecule has 4 heteroatoms. The number of rotatable bonds is 2. The molecule has 0 amide bonds. The smallest absolute Gasteiger partial charge is 0.0921 e. The topological polar surface area (TPSA) is 60.2 Å². The molecule has 2 aromatic rings. The Balaban J connectivity index is 0.00000128. The van der Waals surface area contributed by atoms with Crippen LogP contribution in [0.3, 0.4) is 0 Å². The van der Waals surface area contributed by atoms with Gasteiger partial charge in [0.15, 0.2) is 0 Å². The molecule has 0 saturated heterocycles. The number of aromatic amines is 1. The summed E-state index contributed by atoms with van der Waals surface area (Å²) in [5.41, 5.74) is 5.27. The minimum atomic E-state index is 0. The van der Waals surface area contributed by atoms with Crippen LogP contribution in [0.2, 0.25) is 0 Å². The van der Waals surface area contributed by atoms with Gasteiger partial charge in [0.25, 0.3) is 0 Å². The van der Waals surface area contributed by atoms with E-state index in [9.17, 15) is 0 Å². The maximum Gasteiger partial charge on any atom is 0.0921 e. The van der Waals surface area contributed by atoms with Gasteiger partial charge in [0.05, 0.1) is 6.33 Å². The Bertz CT molecular complexity index is 454. The van der Waals surface area contributed by atoms with Crippen molar-refractivity contribution in [3.63, 3.8) is 0 Å². The lowest BCUT2D eigenvalue weighted by atomic mass is 9.92. The van der Waals surface area contributed by atoms with Gasteiger partial charge in [-0.25, -0.2) is 4.98 Å². The van der Waals surface area contributed by atoms with Gasteiger partial charge in [-0.15, -0.1) is 12.4 Å². The molecular weight excluding hydrogens is 236 g/mol. The lowest BCUT2D eigenvalue weighted by Gasteiger charge is -2.14. The first-order valence-electron chi connectivity index (χ1n) is 5.24. The molecule has 3 nitrogen and oxygen atoms in total. The van der Waals surface area contributed by atoms with Gasteiger partial charge in [0.2, 0.25) is 0 Å². The van der Waals surface area contributed by atoms with E-state index >= 15 is 0 Å². The van der Waals surface area contributed by atoms with E-state index in [0.717, 1.165) is 0 Å². The molecule has 1 atom stereocenters. The molecule has 0 spiro atoms. The molecule has 0 aliphatic heterocycles. The second-order valence-electron chi connectivity index (χ2n) is 4.02. The van der Waals surface area contributed by atoms with Gasteiger partial charge in [0.1, 0.15) is 0 Å². The predicted molar refractivity (Wildman–Crippen MR) is 72.9 cm³/mol. The van der Waals surface area contributed by atoms with Gasteiger partial charge in [-0.2, -0.15) is 0 Å². The Morgan fingerprint density at radius 2 is 1.94 bits per heavy atom. The van der Waals surface area contributed by atoms with Crippen molar-refractivity contribution in [3.8, 4) is 0 Å². The molecule has 94 valence electrons. The van der Waals surface area contributed by atoms with E-state index in [0.29, 0.717) is 5.92 Å². The van der Waals surface area contributed by atoms with Crippen LogP contribution in [0.25, 0.3) is 0 Å². The van der Waals surface area contributed by atoms with Gasteiger partial charge in [-0.05, 0) is 30.5 Å². The van der Waals surface area contributed by atoms with Crippen molar-refractivity contribution in [2.24, 2.45) is 0 Å². The number of nitrogens with one attached hydrogen (secondary N) is 1. The fourth-order valence-electron chi connectivity index (χ4n) is 1.91. The minimum absolute atomic E-state index is 0. The van der Waals surface area contributed by atoms with Gasteiger partial charge in [-0.1, -0.05) is 25.1 Å². The Hall–Kier alpha value is -1.32. The monoisotopic (exact) mass is 254 g/mol. The summed E-state index contributed by atoms with van der Waals surface area (Å²) in [5, 5.41) is 0. The summed E-state index contributed by atoms with van der Waals surface area (Å²) in [5.74, 6) is 0.382. The molecule has 1 aromatic carbocycles. The Morgan fingerprint density at radius 3 is 2.53 bits per heavy atom. The Kier molecular flexibility index (Phi) is 5.93. The summed E-state index contributed by atoms with van der Waals surface area (Å²) >= 11 is 0. The molecule has 1 heterocycles. The Labute approximate surface area is 108 Å². The van der Waals surface area contributed by atoms with Crippen LogP contribution in [0.4, 0.5) is 0 Å². The van der Waals surface area contributed by atoms with Gasteiger partial charge in [-0.3, -0.25) is 0 Å². The number of aryl methyl sites for hydroxylation is 1. The lowest BCUT2D eigenvalue weighted by molar-refractivity contribution is 0.824. The highest BCUT2D eigenvalue weighted by molar-refractivity contribution is 5.85. The number of nitrogens with zero attached hydrogens (tertiary/aromatic N) is 1. The number of imidazole rings is 1. The van der Waals surface area contributed by atoms with Crippen molar-refractivity contribution >= 4 is 12.4 Å². The fraction of sp³-hybridized carbons (Fsp3) is 0.308. The second kappa shape index (κ2) is 6.42. The van der Waals surface area contributed by atoms with Gasteiger partial charge in [0, 0.05) is 17.8 Å².